The van der Waals surface area contributed by atoms with Crippen molar-refractivity contribution >= 4 is 57.4 Å². The lowest BCUT2D eigenvalue weighted by molar-refractivity contribution is -0.643. The number of hydrogen-bond donors (Lipinski definition) is 0. The lowest BCUT2D eigenvalue weighted by Crippen LogP contribution is -2.33. The van der Waals surface area contributed by atoms with Crippen LogP contribution in [-0.2, 0) is 0 Å². The Morgan fingerprint density at radius 3 is 2.72 bits per heavy atom. The quantitative estimate of drug-likeness (QED) is 0.483. The summed E-state index contributed by atoms with van der Waals surface area (Å²) in [6, 6.07) is 4.43. The number of hydrogen-bond acceptors (Lipinski definition) is 4. The van der Waals surface area contributed by atoms with Crippen LogP contribution in [0.2, 0.25) is 5.02 Å². The lowest BCUT2D eigenvalue weighted by atomic mass is 10.3. The number of halogens is 4. The van der Waals surface area contributed by atoms with E-state index >= 15 is 0 Å². The Kier molecular flexibility index (Phi) is 3.87. The molecule has 0 unspecified atom stereocenters. The molecule has 1 aromatic heterocycles. The second kappa shape index (κ2) is 5.09. The summed E-state index contributed by atoms with van der Waals surface area (Å²) >= 11 is 22.3. The molecule has 0 saturated heterocycles. The molecule has 96 valence electrons. The van der Waals surface area contributed by atoms with E-state index in [4.69, 9.17) is 51.1 Å². The molecule has 0 atom stereocenters. The van der Waals surface area contributed by atoms with Gasteiger partial charge in [0, 0.05) is 11.1 Å². The van der Waals surface area contributed by atoms with Crippen LogP contribution in [0.5, 0.6) is 6.01 Å². The van der Waals surface area contributed by atoms with Gasteiger partial charge in [-0.3, -0.25) is 0 Å². The zero-order chi connectivity index (χ0) is 13.3. The molecule has 1 heterocycles. The average Bonchev–Trinajstić information content (AvgIpc) is 2.26. The van der Waals surface area contributed by atoms with Crippen molar-refractivity contribution in [3.63, 3.8) is 0 Å². The molecule has 0 saturated carbocycles. The molecular formula is C9H5Cl4N3O2. The van der Waals surface area contributed by atoms with E-state index in [0.717, 1.165) is 0 Å². The van der Waals surface area contributed by atoms with Crippen molar-refractivity contribution in [1.29, 1.82) is 0 Å². The van der Waals surface area contributed by atoms with Crippen molar-refractivity contribution in [3.8, 4) is 6.01 Å². The van der Waals surface area contributed by atoms with Gasteiger partial charge in [-0.15, -0.1) is 0 Å². The third kappa shape index (κ3) is 3.38. The molecule has 0 aliphatic carbocycles. The number of rotatable bonds is 2. The molecule has 2 rings (SSSR count). The van der Waals surface area contributed by atoms with E-state index in [-0.39, 0.29) is 18.1 Å². The molecule has 9 heteroatoms. The van der Waals surface area contributed by atoms with Crippen molar-refractivity contribution in [2.24, 2.45) is 0 Å². The fourth-order valence-electron chi connectivity index (χ4n) is 1.21. The third-order valence-corrected chi connectivity index (χ3v) is 2.46. The summed E-state index contributed by atoms with van der Waals surface area (Å²) < 4.78 is 3.41. The number of alkyl halides is 3. The maximum Gasteiger partial charge on any atom is 0.381 e. The number of benzene rings is 1. The van der Waals surface area contributed by atoms with Crippen LogP contribution < -0.4 is 9.58 Å². The third-order valence-electron chi connectivity index (χ3n) is 1.90. The molecule has 0 aliphatic heterocycles. The van der Waals surface area contributed by atoms with Crippen molar-refractivity contribution in [2.45, 2.75) is 3.79 Å². The minimum Gasteiger partial charge on any atom is -0.594 e. The van der Waals surface area contributed by atoms with Gasteiger partial charge in [0.05, 0.1) is 5.10 Å². The van der Waals surface area contributed by atoms with Gasteiger partial charge in [0.1, 0.15) is 12.1 Å². The summed E-state index contributed by atoms with van der Waals surface area (Å²) in [5, 5.41) is 15.6. The highest BCUT2D eigenvalue weighted by molar-refractivity contribution is 6.67. The van der Waals surface area contributed by atoms with E-state index in [0.29, 0.717) is 15.4 Å². The first-order valence-corrected chi connectivity index (χ1v) is 6.13. The van der Waals surface area contributed by atoms with Crippen LogP contribution in [0.4, 0.5) is 0 Å². The second-order valence-corrected chi connectivity index (χ2v) is 6.26. The molecule has 18 heavy (non-hydrogen) atoms. The fourth-order valence-corrected chi connectivity index (χ4v) is 1.54. The van der Waals surface area contributed by atoms with Crippen molar-refractivity contribution in [2.75, 3.05) is 6.61 Å². The summed E-state index contributed by atoms with van der Waals surface area (Å²) in [7, 11) is 0. The number of ether oxygens (including phenoxy) is 1. The van der Waals surface area contributed by atoms with Crippen LogP contribution in [-0.4, -0.2) is 20.5 Å². The Hall–Kier alpha value is -0.750. The standard InChI is InChI=1S/C9H5Cl4N3O2/c10-5-1-2-6-7(3-5)16(17)15-8(14-6)18-4-9(11,12)13/h1-3H,4H2. The normalized spacial score (nSPS) is 11.8. The molecule has 0 aliphatic rings. The van der Waals surface area contributed by atoms with E-state index < -0.39 is 3.79 Å². The predicted molar refractivity (Wildman–Crippen MR) is 69.3 cm³/mol. The molecule has 5 nitrogen and oxygen atoms in total. The van der Waals surface area contributed by atoms with Gasteiger partial charge in [0.2, 0.25) is 3.79 Å². The molecule has 0 spiro atoms. The van der Waals surface area contributed by atoms with Gasteiger partial charge in [-0.1, -0.05) is 46.4 Å². The maximum absolute atomic E-state index is 11.6. The Morgan fingerprint density at radius 2 is 2.06 bits per heavy atom. The first kappa shape index (κ1) is 13.7. The molecule has 2 aromatic rings. The first-order chi connectivity index (χ1) is 8.35. The van der Waals surface area contributed by atoms with E-state index in [1.165, 1.54) is 6.07 Å². The van der Waals surface area contributed by atoms with Crippen molar-refractivity contribution < 1.29 is 9.58 Å². The summed E-state index contributed by atoms with van der Waals surface area (Å²) in [4.78, 5) is 4.34. The Labute approximate surface area is 122 Å². The molecule has 0 amide bonds. The van der Waals surface area contributed by atoms with Crippen LogP contribution in [0.15, 0.2) is 18.2 Å². The van der Waals surface area contributed by atoms with Crippen LogP contribution >= 0.6 is 46.4 Å². The average molecular weight is 329 g/mol. The largest absolute Gasteiger partial charge is 0.594 e. The maximum atomic E-state index is 11.6. The second-order valence-electron chi connectivity index (χ2n) is 3.30. The van der Waals surface area contributed by atoms with Gasteiger partial charge >= 0.3 is 6.01 Å². The van der Waals surface area contributed by atoms with Gasteiger partial charge in [0.25, 0.3) is 5.52 Å². The summed E-state index contributed by atoms with van der Waals surface area (Å²) in [6.45, 7) is -0.267. The van der Waals surface area contributed by atoms with Gasteiger partial charge in [-0.2, -0.15) is 4.98 Å². The molecular weight excluding hydrogens is 324 g/mol. The zero-order valence-corrected chi connectivity index (χ0v) is 11.6. The van der Waals surface area contributed by atoms with Gasteiger partial charge in [0.15, 0.2) is 0 Å². The smallest absolute Gasteiger partial charge is 0.381 e. The molecule has 0 N–H and O–H groups in total. The molecule has 0 fully saturated rings. The summed E-state index contributed by atoms with van der Waals surface area (Å²) in [5.74, 6) is 0. The number of aromatic nitrogens is 3. The van der Waals surface area contributed by atoms with Crippen LogP contribution in [0.3, 0.4) is 0 Å². The van der Waals surface area contributed by atoms with Crippen LogP contribution in [0, 0.1) is 5.21 Å². The first-order valence-electron chi connectivity index (χ1n) is 4.62. The highest BCUT2D eigenvalue weighted by atomic mass is 35.6. The Morgan fingerprint density at radius 1 is 1.33 bits per heavy atom. The molecule has 0 radical (unpaired) electrons. The zero-order valence-electron chi connectivity index (χ0n) is 8.61. The van der Waals surface area contributed by atoms with E-state index in [2.05, 4.69) is 10.1 Å². The Bertz CT molecular complexity index is 588. The minimum atomic E-state index is -1.61. The predicted octanol–water partition coefficient (Wildman–Crippen LogP) is 2.67. The SMILES string of the molecule is [O-][n+]1nc(OCC(Cl)(Cl)Cl)nc2ccc(Cl)cc21. The van der Waals surface area contributed by atoms with E-state index in [1.807, 2.05) is 0 Å². The van der Waals surface area contributed by atoms with Crippen LogP contribution in [0.1, 0.15) is 0 Å². The monoisotopic (exact) mass is 327 g/mol. The fraction of sp³-hybridized carbons (Fsp3) is 0.222. The molecule has 1 aromatic carbocycles. The Balaban J connectivity index is 2.34. The van der Waals surface area contributed by atoms with Gasteiger partial charge < -0.3 is 9.94 Å². The highest BCUT2D eigenvalue weighted by Crippen LogP contribution is 2.26. The van der Waals surface area contributed by atoms with E-state index in [9.17, 15) is 5.21 Å². The number of nitrogens with zero attached hydrogens (tertiary/aromatic N) is 3. The summed E-state index contributed by atoms with van der Waals surface area (Å²) in [5.41, 5.74) is 0.604. The highest BCUT2D eigenvalue weighted by Gasteiger charge is 2.22. The van der Waals surface area contributed by atoms with Gasteiger partial charge in [-0.05, 0) is 17.0 Å². The van der Waals surface area contributed by atoms with Gasteiger partial charge in [-0.25, -0.2) is 0 Å². The number of fused-ring (bicyclic) bond motifs is 1. The van der Waals surface area contributed by atoms with Crippen LogP contribution in [0.25, 0.3) is 11.0 Å². The van der Waals surface area contributed by atoms with Crippen molar-refractivity contribution in [3.05, 3.63) is 28.4 Å². The molecule has 0 bridgehead atoms. The van der Waals surface area contributed by atoms with E-state index in [1.54, 1.807) is 12.1 Å². The minimum absolute atomic E-state index is 0.175. The summed E-state index contributed by atoms with van der Waals surface area (Å²) in [6.07, 6.45) is 0. The topological polar surface area (TPSA) is 62.0 Å². The van der Waals surface area contributed by atoms with Crippen molar-refractivity contribution in [1.82, 2.24) is 10.1 Å². The lowest BCUT2D eigenvalue weighted by Gasteiger charge is -2.10.